The summed E-state index contributed by atoms with van der Waals surface area (Å²) in [5, 5.41) is 5.39. The highest BCUT2D eigenvalue weighted by atomic mass is 19.1. The predicted molar refractivity (Wildman–Crippen MR) is 180 cm³/mol. The summed E-state index contributed by atoms with van der Waals surface area (Å²) in [7, 11) is 2.17. The maximum atomic E-state index is 15.1. The number of hydrogen-bond acceptors (Lipinski definition) is 7. The van der Waals surface area contributed by atoms with E-state index in [-0.39, 0.29) is 34.6 Å². The molecule has 254 valence electrons. The molecule has 1 aliphatic carbocycles. The number of ether oxygens (including phenoxy) is 1. The van der Waals surface area contributed by atoms with Crippen LogP contribution in [-0.4, -0.2) is 88.5 Å². The van der Waals surface area contributed by atoms with Crippen LogP contribution in [0.1, 0.15) is 23.2 Å². The van der Waals surface area contributed by atoms with E-state index in [2.05, 4.69) is 32.5 Å². The van der Waals surface area contributed by atoms with Gasteiger partial charge in [-0.2, -0.15) is 0 Å². The fraction of sp³-hybridized carbons (Fsp3) is 0.333. The Bertz CT molecular complexity index is 1900. The van der Waals surface area contributed by atoms with E-state index in [0.29, 0.717) is 23.6 Å². The zero-order valence-electron chi connectivity index (χ0n) is 27.0. The summed E-state index contributed by atoms with van der Waals surface area (Å²) < 4.78 is 35.4. The number of nitrogens with one attached hydrogen (secondary N) is 2. The van der Waals surface area contributed by atoms with Crippen LogP contribution in [0.25, 0.3) is 5.69 Å². The molecular weight excluding hydrogens is 632 g/mol. The van der Waals surface area contributed by atoms with Crippen molar-refractivity contribution in [2.45, 2.75) is 18.9 Å². The van der Waals surface area contributed by atoms with Gasteiger partial charge in [0.15, 0.2) is 11.6 Å². The van der Waals surface area contributed by atoms with Crippen molar-refractivity contribution in [1.82, 2.24) is 24.3 Å². The van der Waals surface area contributed by atoms with Gasteiger partial charge >= 0.3 is 6.03 Å². The minimum atomic E-state index is -0.754. The van der Waals surface area contributed by atoms with Gasteiger partial charge in [0.2, 0.25) is 0 Å². The standard InChI is InChI=1S/C36H37F2N7O4/c1-42-13-15-43(16-14-42)28-17-23-21-44(22-24(23)18-28)36(48)41-33-20-29(10-11-39-33)49-32-9-6-26(19-31(32)38)40-34(46)30-3-2-12-45(35(30)47)27-7-4-25(37)5-8-27/h2-12,19-20,23-24,28H,13-18,21-22H2,1H3,(H,40,46)(H,39,41,48). The van der Waals surface area contributed by atoms with Gasteiger partial charge in [-0.1, -0.05) is 0 Å². The Balaban J connectivity index is 0.939. The number of amides is 3. The van der Waals surface area contributed by atoms with Crippen molar-refractivity contribution in [3.8, 4) is 17.2 Å². The lowest BCUT2D eigenvalue weighted by atomic mass is 10.0. The molecule has 4 aromatic rings. The largest absolute Gasteiger partial charge is 0.454 e. The topological polar surface area (TPSA) is 112 Å². The Morgan fingerprint density at radius 3 is 2.35 bits per heavy atom. The Morgan fingerprint density at radius 2 is 1.63 bits per heavy atom. The van der Waals surface area contributed by atoms with Crippen molar-refractivity contribution in [3.05, 3.63) is 107 Å². The normalized spacial score (nSPS) is 21.0. The maximum absolute atomic E-state index is 15.1. The molecule has 11 nitrogen and oxygen atoms in total. The van der Waals surface area contributed by atoms with Crippen LogP contribution in [0.15, 0.2) is 83.9 Å². The number of likely N-dealkylation sites (tertiary alicyclic amines) is 1. The van der Waals surface area contributed by atoms with E-state index in [1.54, 1.807) is 6.07 Å². The van der Waals surface area contributed by atoms with Crippen molar-refractivity contribution >= 4 is 23.4 Å². The number of benzene rings is 2. The lowest BCUT2D eigenvalue weighted by Gasteiger charge is -2.37. The molecule has 49 heavy (non-hydrogen) atoms. The number of fused-ring (bicyclic) bond motifs is 1. The minimum absolute atomic E-state index is 0.109. The lowest BCUT2D eigenvalue weighted by molar-refractivity contribution is 0.102. The fourth-order valence-electron chi connectivity index (χ4n) is 7.11. The fourth-order valence-corrected chi connectivity index (χ4v) is 7.11. The van der Waals surface area contributed by atoms with E-state index in [4.69, 9.17) is 4.74 Å². The summed E-state index contributed by atoms with van der Waals surface area (Å²) in [5.41, 5.74) is -0.291. The second kappa shape index (κ2) is 13.8. The van der Waals surface area contributed by atoms with Gasteiger partial charge in [-0.3, -0.25) is 24.4 Å². The van der Waals surface area contributed by atoms with Gasteiger partial charge in [0.05, 0.1) is 0 Å². The molecule has 13 heteroatoms. The van der Waals surface area contributed by atoms with Gasteiger partial charge in [0.25, 0.3) is 11.5 Å². The molecule has 3 amide bonds. The van der Waals surface area contributed by atoms with Crippen molar-refractivity contribution in [1.29, 1.82) is 0 Å². The number of urea groups is 1. The van der Waals surface area contributed by atoms with Crippen LogP contribution in [-0.2, 0) is 0 Å². The highest BCUT2D eigenvalue weighted by Gasteiger charge is 2.44. The van der Waals surface area contributed by atoms with Crippen LogP contribution in [0.2, 0.25) is 0 Å². The van der Waals surface area contributed by atoms with Gasteiger partial charge in [-0.25, -0.2) is 18.6 Å². The van der Waals surface area contributed by atoms with Crippen LogP contribution in [0, 0.1) is 23.5 Å². The van der Waals surface area contributed by atoms with Crippen LogP contribution in [0.5, 0.6) is 11.5 Å². The van der Waals surface area contributed by atoms with E-state index in [9.17, 15) is 18.8 Å². The second-order valence-electron chi connectivity index (χ2n) is 13.0. The first-order valence-electron chi connectivity index (χ1n) is 16.4. The van der Waals surface area contributed by atoms with Gasteiger partial charge in [0.1, 0.15) is 22.9 Å². The molecule has 7 rings (SSSR count). The summed E-state index contributed by atoms with van der Waals surface area (Å²) in [6.07, 6.45) is 5.18. The Labute approximate surface area is 282 Å². The number of hydrogen-bond donors (Lipinski definition) is 2. The molecule has 2 N–H and O–H groups in total. The molecule has 2 saturated heterocycles. The Kier molecular flexibility index (Phi) is 9.11. The van der Waals surface area contributed by atoms with Crippen molar-refractivity contribution < 1.29 is 23.1 Å². The van der Waals surface area contributed by atoms with Crippen molar-refractivity contribution in [3.63, 3.8) is 0 Å². The van der Waals surface area contributed by atoms with E-state index in [1.165, 1.54) is 71.6 Å². The minimum Gasteiger partial charge on any atom is -0.454 e. The monoisotopic (exact) mass is 669 g/mol. The average molecular weight is 670 g/mol. The quantitative estimate of drug-likeness (QED) is 0.284. The molecular formula is C36H37F2N7O4. The average Bonchev–Trinajstić information content (AvgIpc) is 3.67. The molecule has 1 saturated carbocycles. The number of piperazine rings is 1. The molecule has 0 bridgehead atoms. The molecule has 0 spiro atoms. The molecule has 2 aromatic carbocycles. The zero-order valence-corrected chi connectivity index (χ0v) is 27.0. The number of carbonyl (C=O) groups is 2. The van der Waals surface area contributed by atoms with E-state index in [0.717, 1.165) is 58.2 Å². The number of likely N-dealkylation sites (N-methyl/N-ethyl adjacent to an activating group) is 1. The molecule has 3 fully saturated rings. The number of halogens is 2. The molecule has 2 unspecified atom stereocenters. The van der Waals surface area contributed by atoms with E-state index >= 15 is 4.39 Å². The first-order valence-corrected chi connectivity index (χ1v) is 16.4. The Hall–Kier alpha value is -5.14. The SMILES string of the molecule is CN1CCN(C2CC3CN(C(=O)Nc4cc(Oc5ccc(NC(=O)c6cccn(-c7ccc(F)cc7)c6=O)cc5F)ccn4)CC3C2)CC1. The molecule has 2 aromatic heterocycles. The van der Waals surface area contributed by atoms with Crippen LogP contribution in [0.3, 0.4) is 0 Å². The highest BCUT2D eigenvalue weighted by Crippen LogP contribution is 2.40. The highest BCUT2D eigenvalue weighted by molar-refractivity contribution is 6.04. The van der Waals surface area contributed by atoms with Crippen molar-refractivity contribution in [2.75, 3.05) is 56.9 Å². The van der Waals surface area contributed by atoms with Crippen LogP contribution in [0.4, 0.5) is 25.1 Å². The summed E-state index contributed by atoms with van der Waals surface area (Å²) in [5.74, 6) is -0.500. The van der Waals surface area contributed by atoms with Crippen molar-refractivity contribution in [2.24, 2.45) is 11.8 Å². The predicted octanol–water partition coefficient (Wildman–Crippen LogP) is 5.05. The number of aromatic nitrogens is 2. The number of rotatable bonds is 7. The first kappa shape index (κ1) is 32.4. The number of pyridine rings is 2. The second-order valence-corrected chi connectivity index (χ2v) is 13.0. The van der Waals surface area contributed by atoms with Gasteiger partial charge in [0, 0.05) is 81.2 Å². The zero-order chi connectivity index (χ0) is 34.1. The number of carbonyl (C=O) groups excluding carboxylic acids is 2. The molecule has 0 radical (unpaired) electrons. The summed E-state index contributed by atoms with van der Waals surface area (Å²) in [6, 6.07) is 15.5. The van der Waals surface area contributed by atoms with Gasteiger partial charge in [-0.05, 0) is 86.3 Å². The summed E-state index contributed by atoms with van der Waals surface area (Å²) in [6.45, 7) is 5.87. The molecule has 3 aliphatic rings. The number of anilines is 2. The lowest BCUT2D eigenvalue weighted by Crippen LogP contribution is -2.48. The Morgan fingerprint density at radius 1 is 0.898 bits per heavy atom. The third-order valence-electron chi connectivity index (χ3n) is 9.75. The molecule has 2 aliphatic heterocycles. The van der Waals surface area contributed by atoms with Gasteiger partial charge < -0.3 is 19.9 Å². The summed E-state index contributed by atoms with van der Waals surface area (Å²) in [4.78, 5) is 50.1. The third-order valence-corrected chi connectivity index (χ3v) is 9.75. The van der Waals surface area contributed by atoms with Gasteiger partial charge in [-0.15, -0.1) is 0 Å². The number of nitrogens with zero attached hydrogens (tertiary/aromatic N) is 5. The first-order chi connectivity index (χ1) is 23.7. The summed E-state index contributed by atoms with van der Waals surface area (Å²) >= 11 is 0. The van der Waals surface area contributed by atoms with E-state index in [1.807, 2.05) is 4.90 Å². The smallest absolute Gasteiger partial charge is 0.323 e. The molecule has 2 atom stereocenters. The maximum Gasteiger partial charge on any atom is 0.323 e. The van der Waals surface area contributed by atoms with Crippen LogP contribution >= 0.6 is 0 Å². The van der Waals surface area contributed by atoms with Crippen LogP contribution < -0.4 is 20.9 Å². The third kappa shape index (κ3) is 7.18. The van der Waals surface area contributed by atoms with E-state index < -0.39 is 23.1 Å². The molecule has 4 heterocycles.